The molecule has 0 aromatic heterocycles. The Labute approximate surface area is 135 Å². The SMILES string of the molecule is O=C(CNC1CC(C(=O)O)=CC(OP(=O)(O)O)C1O)CP(=O)(O)O. The van der Waals surface area contributed by atoms with Crippen LogP contribution in [0.2, 0.25) is 0 Å². The minimum absolute atomic E-state index is 0.291. The van der Waals surface area contributed by atoms with Crippen molar-refractivity contribution in [2.75, 3.05) is 12.7 Å². The number of phosphoric ester groups is 1. The largest absolute Gasteiger partial charge is 0.478 e. The van der Waals surface area contributed by atoms with Gasteiger partial charge in [-0.2, -0.15) is 0 Å². The van der Waals surface area contributed by atoms with Gasteiger partial charge in [-0.15, -0.1) is 0 Å². The van der Waals surface area contributed by atoms with Gasteiger partial charge in [-0.05, 0) is 12.5 Å². The Bertz CT molecular complexity index is 620. The van der Waals surface area contributed by atoms with Crippen molar-refractivity contribution in [3.8, 4) is 0 Å². The molecule has 0 aromatic carbocycles. The van der Waals surface area contributed by atoms with Gasteiger partial charge in [-0.3, -0.25) is 13.9 Å². The lowest BCUT2D eigenvalue weighted by Crippen LogP contribution is -2.51. The van der Waals surface area contributed by atoms with Gasteiger partial charge in [0.2, 0.25) is 0 Å². The molecule has 0 heterocycles. The van der Waals surface area contributed by atoms with Gasteiger partial charge in [0.1, 0.15) is 12.3 Å². The second-order valence-electron chi connectivity index (χ2n) is 5.10. The van der Waals surface area contributed by atoms with E-state index in [0.29, 0.717) is 0 Å². The van der Waals surface area contributed by atoms with Crippen molar-refractivity contribution in [3.63, 3.8) is 0 Å². The van der Waals surface area contributed by atoms with E-state index in [9.17, 15) is 23.8 Å². The molecule has 0 bridgehead atoms. The van der Waals surface area contributed by atoms with Crippen LogP contribution in [0.5, 0.6) is 0 Å². The molecular weight excluding hydrogens is 372 g/mol. The third kappa shape index (κ3) is 7.31. The van der Waals surface area contributed by atoms with E-state index < -0.39 is 58.1 Å². The first-order valence-electron chi connectivity index (χ1n) is 6.44. The third-order valence-electron chi connectivity index (χ3n) is 3.03. The van der Waals surface area contributed by atoms with Gasteiger partial charge in [-0.25, -0.2) is 9.36 Å². The highest BCUT2D eigenvalue weighted by Crippen LogP contribution is 2.40. The van der Waals surface area contributed by atoms with Crippen LogP contribution in [0.25, 0.3) is 0 Å². The summed E-state index contributed by atoms with van der Waals surface area (Å²) in [5, 5.41) is 21.4. The third-order valence-corrected chi connectivity index (χ3v) is 4.31. The van der Waals surface area contributed by atoms with Crippen LogP contribution in [0, 0.1) is 0 Å². The highest BCUT2D eigenvalue weighted by Gasteiger charge is 2.38. The molecule has 1 aliphatic rings. The monoisotopic (exact) mass is 389 g/mol. The minimum Gasteiger partial charge on any atom is -0.478 e. The van der Waals surface area contributed by atoms with Crippen LogP contribution < -0.4 is 5.32 Å². The van der Waals surface area contributed by atoms with Gasteiger partial charge in [0, 0.05) is 11.6 Å². The molecule has 0 amide bonds. The summed E-state index contributed by atoms with van der Waals surface area (Å²) < 4.78 is 25.9. The molecule has 0 radical (unpaired) electrons. The first-order valence-corrected chi connectivity index (χ1v) is 9.77. The summed E-state index contributed by atoms with van der Waals surface area (Å²) in [6, 6.07) is -1.13. The number of aliphatic hydroxyl groups is 1. The number of carboxylic acids is 1. The van der Waals surface area contributed by atoms with E-state index >= 15 is 0 Å². The molecule has 1 rings (SSSR count). The van der Waals surface area contributed by atoms with Crippen LogP contribution in [-0.4, -0.2) is 72.5 Å². The number of carbonyl (C=O) groups is 2. The Morgan fingerprint density at radius 1 is 1.25 bits per heavy atom. The van der Waals surface area contributed by atoms with Gasteiger partial charge in [0.05, 0.1) is 12.6 Å². The Morgan fingerprint density at radius 3 is 2.29 bits per heavy atom. The number of nitrogens with one attached hydrogen (secondary N) is 1. The quantitative estimate of drug-likeness (QED) is 0.223. The van der Waals surface area contributed by atoms with Gasteiger partial charge >= 0.3 is 21.4 Å². The number of Topliss-reactive ketones (excluding diaryl/α,β-unsaturated/α-hetero) is 1. The van der Waals surface area contributed by atoms with E-state index in [1.807, 2.05) is 0 Å². The molecule has 24 heavy (non-hydrogen) atoms. The molecule has 0 saturated carbocycles. The molecule has 0 aromatic rings. The topological polar surface area (TPSA) is 211 Å². The lowest BCUT2D eigenvalue weighted by Gasteiger charge is -2.33. The summed E-state index contributed by atoms with van der Waals surface area (Å²) >= 11 is 0. The number of rotatable bonds is 8. The predicted octanol–water partition coefficient (Wildman–Crippen LogP) is -2.06. The second kappa shape index (κ2) is 7.96. The maximum Gasteiger partial charge on any atom is 0.470 e. The van der Waals surface area contributed by atoms with E-state index in [-0.39, 0.29) is 12.0 Å². The highest BCUT2D eigenvalue weighted by atomic mass is 31.2. The Morgan fingerprint density at radius 2 is 1.83 bits per heavy atom. The number of hydrogen-bond donors (Lipinski definition) is 7. The Balaban J connectivity index is 2.82. The molecule has 0 spiro atoms. The molecule has 0 saturated heterocycles. The zero-order valence-corrected chi connectivity index (χ0v) is 13.8. The van der Waals surface area contributed by atoms with Crippen LogP contribution in [0.1, 0.15) is 6.42 Å². The van der Waals surface area contributed by atoms with Crippen LogP contribution in [0.3, 0.4) is 0 Å². The predicted molar refractivity (Wildman–Crippen MR) is 77.0 cm³/mol. The van der Waals surface area contributed by atoms with E-state index in [2.05, 4.69) is 9.84 Å². The van der Waals surface area contributed by atoms with Crippen molar-refractivity contribution in [1.29, 1.82) is 0 Å². The Hall–Kier alpha value is -0.940. The molecule has 14 heteroatoms. The number of carbonyl (C=O) groups excluding carboxylic acids is 1. The zero-order valence-electron chi connectivity index (χ0n) is 12.0. The number of carboxylic acid groups (broad SMARTS) is 1. The van der Waals surface area contributed by atoms with Gasteiger partial charge < -0.3 is 35.1 Å². The van der Waals surface area contributed by atoms with Gasteiger partial charge in [0.15, 0.2) is 5.78 Å². The number of aliphatic carboxylic acids is 1. The lowest BCUT2D eigenvalue weighted by molar-refractivity contribution is -0.133. The first kappa shape index (κ1) is 21.1. The normalized spacial score (nSPS) is 25.2. The molecular formula is C10H17NO11P2. The van der Waals surface area contributed by atoms with Crippen molar-refractivity contribution >= 4 is 27.2 Å². The molecule has 3 unspecified atom stereocenters. The fraction of sp³-hybridized carbons (Fsp3) is 0.600. The van der Waals surface area contributed by atoms with E-state index in [1.165, 1.54) is 0 Å². The summed E-state index contributed by atoms with van der Waals surface area (Å²) in [7, 11) is -9.58. The summed E-state index contributed by atoms with van der Waals surface area (Å²) in [5.74, 6) is -2.29. The second-order valence-corrected chi connectivity index (χ2v) is 7.94. The summed E-state index contributed by atoms with van der Waals surface area (Å²) in [5.41, 5.74) is -0.307. The van der Waals surface area contributed by atoms with Crippen molar-refractivity contribution < 1.29 is 53.0 Å². The zero-order chi connectivity index (χ0) is 18.7. The van der Waals surface area contributed by atoms with Crippen molar-refractivity contribution in [1.82, 2.24) is 5.32 Å². The summed E-state index contributed by atoms with van der Waals surface area (Å²) in [4.78, 5) is 57.4. The van der Waals surface area contributed by atoms with Gasteiger partial charge in [0.25, 0.3) is 0 Å². The smallest absolute Gasteiger partial charge is 0.470 e. The number of phosphoric acid groups is 1. The molecule has 7 N–H and O–H groups in total. The number of hydrogen-bond acceptors (Lipinski definition) is 7. The molecule has 0 aliphatic heterocycles. The molecule has 3 atom stereocenters. The molecule has 1 aliphatic carbocycles. The highest BCUT2D eigenvalue weighted by molar-refractivity contribution is 7.52. The molecule has 12 nitrogen and oxygen atoms in total. The first-order chi connectivity index (χ1) is 10.8. The van der Waals surface area contributed by atoms with Crippen molar-refractivity contribution in [3.05, 3.63) is 11.6 Å². The maximum atomic E-state index is 11.4. The number of aliphatic hydroxyl groups excluding tert-OH is 1. The summed E-state index contributed by atoms with van der Waals surface area (Å²) in [6.45, 7) is -0.581. The maximum absolute atomic E-state index is 11.4. The molecule has 138 valence electrons. The van der Waals surface area contributed by atoms with Crippen molar-refractivity contribution in [2.24, 2.45) is 0 Å². The van der Waals surface area contributed by atoms with E-state index in [1.54, 1.807) is 0 Å². The van der Waals surface area contributed by atoms with Gasteiger partial charge in [-0.1, -0.05) is 0 Å². The minimum atomic E-state index is -5.02. The van der Waals surface area contributed by atoms with Crippen molar-refractivity contribution in [2.45, 2.75) is 24.7 Å². The summed E-state index contributed by atoms with van der Waals surface area (Å²) in [6.07, 6.45) is -3.71. The lowest BCUT2D eigenvalue weighted by atomic mass is 9.90. The van der Waals surface area contributed by atoms with Crippen LogP contribution in [0.4, 0.5) is 0 Å². The average Bonchev–Trinajstić information content (AvgIpc) is 2.35. The average molecular weight is 389 g/mol. The Kier molecular flexibility index (Phi) is 7.00. The fourth-order valence-corrected chi connectivity index (χ4v) is 3.16. The van der Waals surface area contributed by atoms with E-state index in [0.717, 1.165) is 6.08 Å². The fourth-order valence-electron chi connectivity index (χ4n) is 2.08. The van der Waals surface area contributed by atoms with Crippen LogP contribution >= 0.6 is 15.4 Å². The van der Waals surface area contributed by atoms with Crippen LogP contribution in [-0.2, 0) is 23.2 Å². The van der Waals surface area contributed by atoms with Crippen LogP contribution in [0.15, 0.2) is 11.6 Å². The standard InChI is InChI=1S/C10H17NO11P2/c12-6(4-23(16,17)18)3-11-7-1-5(10(14)15)2-8(9(7)13)22-24(19,20)21/h2,7-9,11,13H,1,3-4H2,(H,14,15)(H2,16,17,18)(H2,19,20,21). The van der Waals surface area contributed by atoms with E-state index in [4.69, 9.17) is 24.7 Å². The number of ketones is 1. The molecule has 0 fully saturated rings.